The molecule has 0 unspecified atom stereocenters. The second kappa shape index (κ2) is 4.25. The summed E-state index contributed by atoms with van der Waals surface area (Å²) in [5, 5.41) is 8.80. The molecule has 4 heteroatoms. The smallest absolute Gasteiger partial charge is 0.338 e. The van der Waals surface area contributed by atoms with E-state index < -0.39 is 5.97 Å². The van der Waals surface area contributed by atoms with Gasteiger partial charge < -0.3 is 4.74 Å². The van der Waals surface area contributed by atoms with Crippen molar-refractivity contribution < 1.29 is 9.53 Å². The van der Waals surface area contributed by atoms with E-state index in [4.69, 9.17) is 5.26 Å². The van der Waals surface area contributed by atoms with E-state index in [-0.39, 0.29) is 0 Å². The van der Waals surface area contributed by atoms with Crippen LogP contribution in [0.2, 0.25) is 0 Å². The molecule has 3 nitrogen and oxygen atoms in total. The lowest BCUT2D eigenvalue weighted by atomic mass is 10.0. The van der Waals surface area contributed by atoms with Crippen LogP contribution in [0.5, 0.6) is 0 Å². The fourth-order valence-electron chi connectivity index (χ4n) is 1.12. The normalized spacial score (nSPS) is 9.29. The molecule has 0 saturated carbocycles. The maximum atomic E-state index is 11.3. The summed E-state index contributed by atoms with van der Waals surface area (Å²) in [6, 6.07) is 5.33. The molecule has 0 aromatic heterocycles. The highest BCUT2D eigenvalue weighted by molar-refractivity contribution is 9.10. The lowest BCUT2D eigenvalue weighted by Crippen LogP contribution is -2.05. The van der Waals surface area contributed by atoms with E-state index in [2.05, 4.69) is 20.7 Å². The summed E-state index contributed by atoms with van der Waals surface area (Å²) in [7, 11) is 1.31. The third kappa shape index (κ3) is 1.94. The fourth-order valence-corrected chi connectivity index (χ4v) is 1.57. The molecule has 0 aliphatic rings. The predicted molar refractivity (Wildman–Crippen MR) is 54.9 cm³/mol. The van der Waals surface area contributed by atoms with E-state index >= 15 is 0 Å². The Hall–Kier alpha value is -1.34. The number of carbonyl (C=O) groups excluding carboxylic acids is 1. The molecule has 0 saturated heterocycles. The Kier molecular flexibility index (Phi) is 3.26. The summed E-state index contributed by atoms with van der Waals surface area (Å²) in [4.78, 5) is 11.3. The van der Waals surface area contributed by atoms with E-state index in [9.17, 15) is 4.79 Å². The molecular weight excluding hydrogens is 246 g/mol. The minimum Gasteiger partial charge on any atom is -0.465 e. The van der Waals surface area contributed by atoms with Crippen molar-refractivity contribution in [1.82, 2.24) is 0 Å². The van der Waals surface area contributed by atoms with Gasteiger partial charge in [0.2, 0.25) is 0 Å². The summed E-state index contributed by atoms with van der Waals surface area (Å²) in [5.74, 6) is -0.430. The monoisotopic (exact) mass is 253 g/mol. The van der Waals surface area contributed by atoms with Gasteiger partial charge >= 0.3 is 5.97 Å². The minimum absolute atomic E-state index is 0.415. The van der Waals surface area contributed by atoms with Crippen LogP contribution in [-0.2, 0) is 4.74 Å². The molecule has 72 valence electrons. The molecule has 0 aliphatic carbocycles. The van der Waals surface area contributed by atoms with Gasteiger partial charge in [0.25, 0.3) is 0 Å². The zero-order valence-corrected chi connectivity index (χ0v) is 9.38. The maximum Gasteiger partial charge on any atom is 0.338 e. The second-order valence-corrected chi connectivity index (χ2v) is 3.64. The molecule has 0 N–H and O–H groups in total. The van der Waals surface area contributed by atoms with Gasteiger partial charge in [0.05, 0.1) is 24.3 Å². The zero-order chi connectivity index (χ0) is 10.7. The lowest BCUT2D eigenvalue weighted by molar-refractivity contribution is 0.0600. The molecular formula is C10H8BrNO2. The van der Waals surface area contributed by atoms with Gasteiger partial charge in [-0.1, -0.05) is 15.9 Å². The van der Waals surface area contributed by atoms with Gasteiger partial charge in [0, 0.05) is 4.47 Å². The Bertz CT molecular complexity index is 421. The number of rotatable bonds is 1. The van der Waals surface area contributed by atoms with E-state index in [0.717, 1.165) is 0 Å². The second-order valence-electron chi connectivity index (χ2n) is 2.73. The standard InChI is InChI=1S/C10H8BrNO2/c1-6-7(5-12)3-8(11)4-9(6)10(13)14-2/h3-4H,1-2H3. The van der Waals surface area contributed by atoms with Crippen molar-refractivity contribution in [2.75, 3.05) is 7.11 Å². The van der Waals surface area contributed by atoms with E-state index in [1.54, 1.807) is 19.1 Å². The van der Waals surface area contributed by atoms with Crippen LogP contribution in [0.4, 0.5) is 0 Å². The Labute approximate surface area is 90.4 Å². The lowest BCUT2D eigenvalue weighted by Gasteiger charge is -2.05. The first kappa shape index (κ1) is 10.7. The number of methoxy groups -OCH3 is 1. The quantitative estimate of drug-likeness (QED) is 0.723. The van der Waals surface area contributed by atoms with E-state index in [0.29, 0.717) is 21.2 Å². The number of benzene rings is 1. The van der Waals surface area contributed by atoms with Crippen LogP contribution in [0, 0.1) is 18.3 Å². The molecule has 1 aromatic rings. The SMILES string of the molecule is COC(=O)c1cc(Br)cc(C#N)c1C. The predicted octanol–water partition coefficient (Wildman–Crippen LogP) is 2.42. The number of halogens is 1. The van der Waals surface area contributed by atoms with Gasteiger partial charge in [0.1, 0.15) is 0 Å². The van der Waals surface area contributed by atoms with Gasteiger partial charge in [-0.05, 0) is 24.6 Å². The van der Waals surface area contributed by atoms with Crippen molar-refractivity contribution in [2.24, 2.45) is 0 Å². The largest absolute Gasteiger partial charge is 0.465 e. The fraction of sp³-hybridized carbons (Fsp3) is 0.200. The summed E-state index contributed by atoms with van der Waals surface area (Å²) < 4.78 is 5.30. The summed E-state index contributed by atoms with van der Waals surface area (Å²) >= 11 is 3.23. The van der Waals surface area contributed by atoms with Crippen LogP contribution in [0.25, 0.3) is 0 Å². The topological polar surface area (TPSA) is 50.1 Å². The molecule has 0 aliphatic heterocycles. The number of hydrogen-bond donors (Lipinski definition) is 0. The summed E-state index contributed by atoms with van der Waals surface area (Å²) in [5.41, 5.74) is 1.53. The Morgan fingerprint density at radius 3 is 2.71 bits per heavy atom. The first-order valence-corrected chi connectivity index (χ1v) is 4.68. The van der Waals surface area contributed by atoms with Crippen LogP contribution in [-0.4, -0.2) is 13.1 Å². The van der Waals surface area contributed by atoms with Crippen molar-refractivity contribution >= 4 is 21.9 Å². The van der Waals surface area contributed by atoms with E-state index in [1.807, 2.05) is 6.07 Å². The molecule has 0 heterocycles. The number of nitriles is 1. The summed E-state index contributed by atoms with van der Waals surface area (Å²) in [6.45, 7) is 1.72. The highest BCUT2D eigenvalue weighted by Crippen LogP contribution is 2.21. The third-order valence-electron chi connectivity index (χ3n) is 1.90. The summed E-state index contributed by atoms with van der Waals surface area (Å²) in [6.07, 6.45) is 0. The molecule has 0 atom stereocenters. The Balaban J connectivity index is 3.38. The van der Waals surface area contributed by atoms with Crippen LogP contribution >= 0.6 is 15.9 Å². The first-order valence-electron chi connectivity index (χ1n) is 3.88. The van der Waals surface area contributed by atoms with Gasteiger partial charge in [-0.3, -0.25) is 0 Å². The van der Waals surface area contributed by atoms with Crippen LogP contribution in [0.1, 0.15) is 21.5 Å². The number of carbonyl (C=O) groups is 1. The third-order valence-corrected chi connectivity index (χ3v) is 2.36. The first-order chi connectivity index (χ1) is 6.60. The molecule has 0 fully saturated rings. The zero-order valence-electron chi connectivity index (χ0n) is 7.80. The number of nitrogens with zero attached hydrogens (tertiary/aromatic N) is 1. The van der Waals surface area contributed by atoms with Crippen molar-refractivity contribution in [3.05, 3.63) is 33.3 Å². The Morgan fingerprint density at radius 1 is 1.57 bits per heavy atom. The van der Waals surface area contributed by atoms with Crippen molar-refractivity contribution in [3.8, 4) is 6.07 Å². The number of ether oxygens (including phenoxy) is 1. The average molecular weight is 254 g/mol. The van der Waals surface area contributed by atoms with Crippen LogP contribution in [0.3, 0.4) is 0 Å². The van der Waals surface area contributed by atoms with Crippen molar-refractivity contribution in [1.29, 1.82) is 5.26 Å². The van der Waals surface area contributed by atoms with Crippen molar-refractivity contribution in [3.63, 3.8) is 0 Å². The van der Waals surface area contributed by atoms with Crippen LogP contribution < -0.4 is 0 Å². The molecule has 1 rings (SSSR count). The van der Waals surface area contributed by atoms with Gasteiger partial charge in [-0.15, -0.1) is 0 Å². The molecule has 0 bridgehead atoms. The minimum atomic E-state index is -0.430. The van der Waals surface area contributed by atoms with Gasteiger partial charge in [-0.2, -0.15) is 5.26 Å². The van der Waals surface area contributed by atoms with Gasteiger partial charge in [-0.25, -0.2) is 4.79 Å². The number of hydrogen-bond acceptors (Lipinski definition) is 3. The molecule has 1 aromatic carbocycles. The van der Waals surface area contributed by atoms with Crippen LogP contribution in [0.15, 0.2) is 16.6 Å². The van der Waals surface area contributed by atoms with Crippen molar-refractivity contribution in [2.45, 2.75) is 6.92 Å². The molecule has 0 spiro atoms. The average Bonchev–Trinajstić information content (AvgIpc) is 2.19. The highest BCUT2D eigenvalue weighted by atomic mass is 79.9. The maximum absolute atomic E-state index is 11.3. The molecule has 14 heavy (non-hydrogen) atoms. The molecule has 0 radical (unpaired) electrons. The molecule has 0 amide bonds. The van der Waals surface area contributed by atoms with Gasteiger partial charge in [0.15, 0.2) is 0 Å². The number of esters is 1. The highest BCUT2D eigenvalue weighted by Gasteiger charge is 2.13. The van der Waals surface area contributed by atoms with E-state index in [1.165, 1.54) is 7.11 Å². The Morgan fingerprint density at radius 2 is 2.21 bits per heavy atom.